The van der Waals surface area contributed by atoms with Crippen molar-refractivity contribution in [2.75, 3.05) is 36.8 Å². The van der Waals surface area contributed by atoms with Gasteiger partial charge >= 0.3 is 0 Å². The predicted octanol–water partition coefficient (Wildman–Crippen LogP) is 3.48. The summed E-state index contributed by atoms with van der Waals surface area (Å²) < 4.78 is 11.9. The summed E-state index contributed by atoms with van der Waals surface area (Å²) in [6.45, 7) is 5.56. The number of nitrogen functional groups attached to an aromatic ring is 1. The molecule has 3 N–H and O–H groups in total. The number of nitrogens with zero attached hydrogens (tertiary/aromatic N) is 3. The molecule has 0 atom stereocenters. The summed E-state index contributed by atoms with van der Waals surface area (Å²) in [6, 6.07) is 10.4. The van der Waals surface area contributed by atoms with Crippen molar-refractivity contribution >= 4 is 45.3 Å². The Kier molecular flexibility index (Phi) is 4.88. The van der Waals surface area contributed by atoms with Crippen molar-refractivity contribution in [2.24, 2.45) is 0 Å². The predicted molar refractivity (Wildman–Crippen MR) is 121 cm³/mol. The maximum Gasteiger partial charge on any atom is 0.220 e. The second-order valence-corrected chi connectivity index (χ2v) is 7.76. The monoisotopic (exact) mass is 437 g/mol. The van der Waals surface area contributed by atoms with Gasteiger partial charge in [-0.25, -0.2) is 9.97 Å². The minimum Gasteiger partial charge on any atom is -0.454 e. The number of rotatable bonds is 3. The van der Waals surface area contributed by atoms with Crippen LogP contribution in [0.1, 0.15) is 5.69 Å². The van der Waals surface area contributed by atoms with Crippen molar-refractivity contribution in [2.45, 2.75) is 6.92 Å². The highest BCUT2D eigenvalue weighted by atomic mass is 35.5. The number of piperazine rings is 1. The van der Waals surface area contributed by atoms with Crippen molar-refractivity contribution in [3.05, 3.63) is 57.3 Å². The van der Waals surface area contributed by atoms with Crippen LogP contribution in [-0.2, 0) is 0 Å². The first-order valence-electron chi connectivity index (χ1n) is 9.94. The molecular weight excluding hydrogens is 418 g/mol. The van der Waals surface area contributed by atoms with Gasteiger partial charge in [0.25, 0.3) is 0 Å². The van der Waals surface area contributed by atoms with Gasteiger partial charge in [-0.05, 0) is 31.2 Å². The number of aryl methyl sites for hydroxylation is 1. The summed E-state index contributed by atoms with van der Waals surface area (Å²) in [4.78, 5) is 24.0. The van der Waals surface area contributed by atoms with E-state index in [0.717, 1.165) is 37.7 Å². The van der Waals surface area contributed by atoms with Gasteiger partial charge in [-0.1, -0.05) is 17.7 Å². The summed E-state index contributed by atoms with van der Waals surface area (Å²) in [5, 5.41) is 3.91. The van der Waals surface area contributed by atoms with Gasteiger partial charge < -0.3 is 25.1 Å². The normalized spacial score (nSPS) is 14.3. The number of ether oxygens (including phenoxy) is 1. The summed E-state index contributed by atoms with van der Waals surface area (Å²) >= 11 is 6.17. The van der Waals surface area contributed by atoms with Gasteiger partial charge in [0.2, 0.25) is 5.43 Å². The number of pyridine rings is 2. The number of fused-ring (bicyclic) bond motifs is 2. The molecule has 0 amide bonds. The Hall–Kier alpha value is -3.36. The fourth-order valence-corrected chi connectivity index (χ4v) is 3.94. The Balaban J connectivity index is 1.52. The summed E-state index contributed by atoms with van der Waals surface area (Å²) in [5.41, 5.74) is 7.24. The zero-order chi connectivity index (χ0) is 21.5. The number of nitrogens with two attached hydrogens (primary N) is 1. The second-order valence-electron chi connectivity index (χ2n) is 7.35. The molecule has 1 saturated heterocycles. The first kappa shape index (κ1) is 19.6. The molecule has 1 aliphatic rings. The number of halogens is 1. The van der Waals surface area contributed by atoms with E-state index in [0.29, 0.717) is 16.4 Å². The number of benzene rings is 1. The molecule has 0 radical (unpaired) electrons. The van der Waals surface area contributed by atoms with E-state index in [1.165, 1.54) is 0 Å². The van der Waals surface area contributed by atoms with E-state index in [1.807, 2.05) is 19.1 Å². The maximum atomic E-state index is 12.9. The molecule has 1 aliphatic heterocycles. The largest absolute Gasteiger partial charge is 0.454 e. The SMILES string of the molecule is Cc1nc(N2CCNCC2)ccc1Oc1cc2oc3cccc(Cl)c3c(=O)c2nc1N. The summed E-state index contributed by atoms with van der Waals surface area (Å²) in [6.07, 6.45) is 0. The molecule has 4 heterocycles. The number of aromatic nitrogens is 2. The Bertz CT molecular complexity index is 1370. The van der Waals surface area contributed by atoms with E-state index < -0.39 is 0 Å². The highest BCUT2D eigenvalue weighted by Gasteiger charge is 2.17. The zero-order valence-corrected chi connectivity index (χ0v) is 17.6. The van der Waals surface area contributed by atoms with Crippen LogP contribution in [0.5, 0.6) is 11.5 Å². The van der Waals surface area contributed by atoms with Crippen LogP contribution in [0.2, 0.25) is 5.02 Å². The van der Waals surface area contributed by atoms with Crippen LogP contribution in [0.15, 0.2) is 45.6 Å². The Morgan fingerprint density at radius 3 is 2.71 bits per heavy atom. The zero-order valence-electron chi connectivity index (χ0n) is 16.8. The van der Waals surface area contributed by atoms with Crippen LogP contribution in [0, 0.1) is 6.92 Å². The Labute approximate surface area is 182 Å². The molecule has 4 aromatic rings. The molecule has 9 heteroatoms. The van der Waals surface area contributed by atoms with Gasteiger partial charge in [0.05, 0.1) is 16.1 Å². The highest BCUT2D eigenvalue weighted by molar-refractivity contribution is 6.35. The van der Waals surface area contributed by atoms with E-state index in [-0.39, 0.29) is 33.5 Å². The number of nitrogens with one attached hydrogen (secondary N) is 1. The van der Waals surface area contributed by atoms with Crippen molar-refractivity contribution in [3.8, 4) is 11.5 Å². The van der Waals surface area contributed by atoms with Gasteiger partial charge in [-0.15, -0.1) is 0 Å². The Morgan fingerprint density at radius 2 is 1.94 bits per heavy atom. The van der Waals surface area contributed by atoms with Crippen molar-refractivity contribution in [1.82, 2.24) is 15.3 Å². The van der Waals surface area contributed by atoms with Crippen LogP contribution >= 0.6 is 11.6 Å². The van der Waals surface area contributed by atoms with E-state index >= 15 is 0 Å². The smallest absolute Gasteiger partial charge is 0.220 e. The molecule has 1 aromatic carbocycles. The lowest BCUT2D eigenvalue weighted by atomic mass is 10.2. The van der Waals surface area contributed by atoms with Crippen molar-refractivity contribution in [3.63, 3.8) is 0 Å². The van der Waals surface area contributed by atoms with Crippen LogP contribution in [0.3, 0.4) is 0 Å². The van der Waals surface area contributed by atoms with Gasteiger partial charge in [-0.3, -0.25) is 4.79 Å². The van der Waals surface area contributed by atoms with E-state index in [1.54, 1.807) is 24.3 Å². The topological polar surface area (TPSA) is 107 Å². The Morgan fingerprint density at radius 1 is 1.13 bits per heavy atom. The van der Waals surface area contributed by atoms with Gasteiger partial charge in [-0.2, -0.15) is 0 Å². The minimum absolute atomic E-state index is 0.0804. The lowest BCUT2D eigenvalue weighted by Crippen LogP contribution is -2.43. The fraction of sp³-hybridized carbons (Fsp3) is 0.227. The molecule has 0 bridgehead atoms. The highest BCUT2D eigenvalue weighted by Crippen LogP contribution is 2.33. The molecule has 158 valence electrons. The molecule has 0 saturated carbocycles. The third-order valence-electron chi connectivity index (χ3n) is 5.30. The third kappa shape index (κ3) is 3.54. The van der Waals surface area contributed by atoms with Gasteiger partial charge in [0, 0.05) is 32.2 Å². The van der Waals surface area contributed by atoms with Crippen molar-refractivity contribution < 1.29 is 9.15 Å². The average molecular weight is 438 g/mol. The van der Waals surface area contributed by atoms with Crippen LogP contribution in [-0.4, -0.2) is 36.1 Å². The molecule has 3 aromatic heterocycles. The lowest BCUT2D eigenvalue weighted by Gasteiger charge is -2.28. The lowest BCUT2D eigenvalue weighted by molar-refractivity contribution is 0.475. The second kappa shape index (κ2) is 7.72. The van der Waals surface area contributed by atoms with Crippen LogP contribution in [0.25, 0.3) is 22.1 Å². The standard InChI is InChI=1S/C22H20ClN5O3/c1-12-14(5-6-18(26-12)28-9-7-25-8-10-28)30-17-11-16-20(27-22(17)24)21(29)19-13(23)3-2-4-15(19)31-16/h2-6,11,25H,7-10H2,1H3,(H2,24,27). The number of anilines is 2. The molecule has 0 aliphatic carbocycles. The molecule has 1 fully saturated rings. The molecular formula is C22H20ClN5O3. The van der Waals surface area contributed by atoms with E-state index in [4.69, 9.17) is 26.5 Å². The van der Waals surface area contributed by atoms with Gasteiger partial charge in [0.15, 0.2) is 22.7 Å². The number of hydrogen-bond acceptors (Lipinski definition) is 8. The average Bonchev–Trinajstić information content (AvgIpc) is 2.77. The third-order valence-corrected chi connectivity index (χ3v) is 5.62. The molecule has 8 nitrogen and oxygen atoms in total. The van der Waals surface area contributed by atoms with Crippen molar-refractivity contribution in [1.29, 1.82) is 0 Å². The fourth-order valence-electron chi connectivity index (χ4n) is 3.69. The summed E-state index contributed by atoms with van der Waals surface area (Å²) in [5.74, 6) is 1.83. The van der Waals surface area contributed by atoms with Crippen LogP contribution in [0.4, 0.5) is 11.6 Å². The molecule has 0 spiro atoms. The molecule has 0 unspecified atom stereocenters. The molecule has 31 heavy (non-hydrogen) atoms. The number of hydrogen-bond donors (Lipinski definition) is 2. The minimum atomic E-state index is -0.335. The maximum absolute atomic E-state index is 12.9. The first-order chi connectivity index (χ1) is 15.0. The quantitative estimate of drug-likeness (QED) is 0.469. The molecule has 5 rings (SSSR count). The van der Waals surface area contributed by atoms with Gasteiger partial charge in [0.1, 0.15) is 17.2 Å². The van der Waals surface area contributed by atoms with E-state index in [9.17, 15) is 4.79 Å². The van der Waals surface area contributed by atoms with Crippen LogP contribution < -0.4 is 26.1 Å². The first-order valence-corrected chi connectivity index (χ1v) is 10.3. The van der Waals surface area contributed by atoms with E-state index in [2.05, 4.69) is 20.2 Å². The summed E-state index contributed by atoms with van der Waals surface area (Å²) in [7, 11) is 0.